The number of rotatable bonds is 2. The van der Waals surface area contributed by atoms with Crippen LogP contribution in [0, 0.1) is 0 Å². The number of phenolic OH excluding ortho intramolecular Hbond substituents is 1. The summed E-state index contributed by atoms with van der Waals surface area (Å²) in [7, 11) is 0. The fourth-order valence-corrected chi connectivity index (χ4v) is 2.24. The van der Waals surface area contributed by atoms with Crippen molar-refractivity contribution in [3.63, 3.8) is 0 Å². The number of hydrogen-bond donors (Lipinski definition) is 4. The third-order valence-corrected chi connectivity index (χ3v) is 3.45. The largest absolute Gasteiger partial charge is 0.506 e. The van der Waals surface area contributed by atoms with Crippen molar-refractivity contribution in [3.05, 3.63) is 42.0 Å². The molecule has 0 saturated carbocycles. The number of nitrogens with one attached hydrogen (secondary N) is 3. The van der Waals surface area contributed by atoms with Gasteiger partial charge >= 0.3 is 12.2 Å². The Labute approximate surface area is 144 Å². The molecule has 7 nitrogen and oxygen atoms in total. The minimum absolute atomic E-state index is 0.00399. The zero-order valence-corrected chi connectivity index (χ0v) is 13.0. The summed E-state index contributed by atoms with van der Waals surface area (Å²) in [5.41, 5.74) is -0.441. The van der Waals surface area contributed by atoms with E-state index in [0.717, 1.165) is 24.3 Å². The van der Waals surface area contributed by atoms with Crippen LogP contribution in [0.15, 0.2) is 36.4 Å². The second-order valence-electron chi connectivity index (χ2n) is 5.36. The quantitative estimate of drug-likeness (QED) is 0.612. The van der Waals surface area contributed by atoms with Crippen LogP contribution in [0.3, 0.4) is 0 Å². The van der Waals surface area contributed by atoms with Crippen molar-refractivity contribution in [2.75, 3.05) is 22.6 Å². The molecule has 0 unspecified atom stereocenters. The van der Waals surface area contributed by atoms with Crippen molar-refractivity contribution in [2.45, 2.75) is 6.18 Å². The van der Waals surface area contributed by atoms with Crippen LogP contribution in [0.4, 0.5) is 35.0 Å². The van der Waals surface area contributed by atoms with Gasteiger partial charge in [-0.05, 0) is 24.3 Å². The highest BCUT2D eigenvalue weighted by Crippen LogP contribution is 2.37. The number of aromatic hydroxyl groups is 1. The third-order valence-electron chi connectivity index (χ3n) is 3.45. The lowest BCUT2D eigenvalue weighted by atomic mass is 10.2. The Morgan fingerprint density at radius 1 is 1.15 bits per heavy atom. The minimum Gasteiger partial charge on any atom is -0.506 e. The Hall–Kier alpha value is -3.43. The van der Waals surface area contributed by atoms with Gasteiger partial charge in [0.25, 0.3) is 5.91 Å². The number of phenols is 1. The minimum atomic E-state index is -4.47. The predicted octanol–water partition coefficient (Wildman–Crippen LogP) is 3.39. The average Bonchev–Trinajstić information content (AvgIpc) is 2.55. The zero-order chi connectivity index (χ0) is 18.9. The first-order valence-corrected chi connectivity index (χ1v) is 7.27. The van der Waals surface area contributed by atoms with E-state index in [9.17, 15) is 27.9 Å². The van der Waals surface area contributed by atoms with E-state index in [-0.39, 0.29) is 41.1 Å². The van der Waals surface area contributed by atoms with Crippen LogP contribution in [0.5, 0.6) is 11.5 Å². The highest BCUT2D eigenvalue weighted by Gasteiger charge is 2.30. The lowest BCUT2D eigenvalue weighted by molar-refractivity contribution is -0.137. The van der Waals surface area contributed by atoms with E-state index in [0.29, 0.717) is 0 Å². The van der Waals surface area contributed by atoms with Crippen molar-refractivity contribution in [1.29, 1.82) is 0 Å². The molecular formula is C16H12F3N3O4. The number of urea groups is 1. The number of amides is 3. The van der Waals surface area contributed by atoms with Gasteiger partial charge in [-0.15, -0.1) is 0 Å². The van der Waals surface area contributed by atoms with E-state index in [2.05, 4.69) is 16.0 Å². The number of halogens is 3. The molecule has 0 radical (unpaired) electrons. The highest BCUT2D eigenvalue weighted by molar-refractivity contribution is 6.02. The monoisotopic (exact) mass is 367 g/mol. The van der Waals surface area contributed by atoms with Gasteiger partial charge in [0.15, 0.2) is 6.61 Å². The molecule has 0 atom stereocenters. The van der Waals surface area contributed by atoms with Crippen LogP contribution in [-0.4, -0.2) is 23.7 Å². The Morgan fingerprint density at radius 3 is 2.50 bits per heavy atom. The normalized spacial score (nSPS) is 13.3. The van der Waals surface area contributed by atoms with Gasteiger partial charge in [-0.2, -0.15) is 13.2 Å². The van der Waals surface area contributed by atoms with Gasteiger partial charge in [0, 0.05) is 17.8 Å². The molecule has 0 aromatic heterocycles. The first kappa shape index (κ1) is 17.4. The van der Waals surface area contributed by atoms with Crippen LogP contribution in [0.1, 0.15) is 5.56 Å². The number of carbonyl (C=O) groups is 2. The van der Waals surface area contributed by atoms with Crippen LogP contribution in [0.2, 0.25) is 0 Å². The molecule has 26 heavy (non-hydrogen) atoms. The first-order chi connectivity index (χ1) is 12.2. The summed E-state index contributed by atoms with van der Waals surface area (Å²) in [6, 6.07) is 5.63. The molecule has 0 fully saturated rings. The van der Waals surface area contributed by atoms with Crippen LogP contribution < -0.4 is 20.7 Å². The van der Waals surface area contributed by atoms with Crippen LogP contribution in [-0.2, 0) is 11.0 Å². The predicted molar refractivity (Wildman–Crippen MR) is 86.3 cm³/mol. The Kier molecular flexibility index (Phi) is 4.33. The number of carbonyl (C=O) groups excluding carboxylic acids is 2. The molecule has 1 aliphatic rings. The SMILES string of the molecule is O=C1COc2cc(NC(=O)Nc3ccc(C(F)(F)F)cc3)c(O)cc2N1. The smallest absolute Gasteiger partial charge is 0.416 e. The van der Waals surface area contributed by atoms with Crippen molar-refractivity contribution in [2.24, 2.45) is 0 Å². The fraction of sp³-hybridized carbons (Fsp3) is 0.125. The summed E-state index contributed by atoms with van der Waals surface area (Å²) in [6.07, 6.45) is -4.47. The highest BCUT2D eigenvalue weighted by atomic mass is 19.4. The molecule has 10 heteroatoms. The molecule has 3 amide bonds. The van der Waals surface area contributed by atoms with Gasteiger partial charge in [0.2, 0.25) is 0 Å². The molecular weight excluding hydrogens is 355 g/mol. The Bertz CT molecular complexity index is 866. The van der Waals surface area contributed by atoms with E-state index in [1.54, 1.807) is 0 Å². The summed E-state index contributed by atoms with van der Waals surface area (Å²) in [5, 5.41) is 17.1. The topological polar surface area (TPSA) is 99.7 Å². The van der Waals surface area contributed by atoms with E-state index in [1.165, 1.54) is 12.1 Å². The second kappa shape index (κ2) is 6.47. The van der Waals surface area contributed by atoms with Gasteiger partial charge in [0.1, 0.15) is 11.5 Å². The van der Waals surface area contributed by atoms with Gasteiger partial charge < -0.3 is 25.8 Å². The van der Waals surface area contributed by atoms with E-state index < -0.39 is 17.8 Å². The Balaban J connectivity index is 1.69. The molecule has 0 spiro atoms. The van der Waals surface area contributed by atoms with Crippen molar-refractivity contribution in [3.8, 4) is 11.5 Å². The van der Waals surface area contributed by atoms with Crippen LogP contribution >= 0.6 is 0 Å². The van der Waals surface area contributed by atoms with Crippen LogP contribution in [0.25, 0.3) is 0 Å². The number of benzene rings is 2. The zero-order valence-electron chi connectivity index (χ0n) is 13.0. The standard InChI is InChI=1S/C16H12F3N3O4/c17-16(18,19)8-1-3-9(4-2-8)20-15(25)22-10-6-13-11(5-12(10)23)21-14(24)7-26-13/h1-6,23H,7H2,(H,21,24)(H2,20,22,25). The lowest BCUT2D eigenvalue weighted by Crippen LogP contribution is -2.25. The molecule has 2 aromatic carbocycles. The van der Waals surface area contributed by atoms with E-state index in [1.807, 2.05) is 0 Å². The summed E-state index contributed by atoms with van der Waals surface area (Å²) >= 11 is 0. The van der Waals surface area contributed by atoms with Crippen molar-refractivity contribution < 1.29 is 32.6 Å². The molecule has 0 aliphatic carbocycles. The Morgan fingerprint density at radius 2 is 1.85 bits per heavy atom. The summed E-state index contributed by atoms with van der Waals surface area (Å²) in [4.78, 5) is 23.2. The molecule has 0 saturated heterocycles. The van der Waals surface area contributed by atoms with Gasteiger partial charge in [-0.3, -0.25) is 4.79 Å². The number of anilines is 3. The molecule has 136 valence electrons. The molecule has 3 rings (SSSR count). The maximum Gasteiger partial charge on any atom is 0.416 e. The van der Waals surface area contributed by atoms with E-state index in [4.69, 9.17) is 4.74 Å². The maximum atomic E-state index is 12.5. The van der Waals surface area contributed by atoms with Gasteiger partial charge in [-0.25, -0.2) is 4.79 Å². The van der Waals surface area contributed by atoms with Gasteiger partial charge in [-0.1, -0.05) is 0 Å². The molecule has 1 heterocycles. The first-order valence-electron chi connectivity index (χ1n) is 7.27. The van der Waals surface area contributed by atoms with E-state index >= 15 is 0 Å². The number of alkyl halides is 3. The molecule has 0 bridgehead atoms. The third kappa shape index (κ3) is 3.79. The number of ether oxygens (including phenoxy) is 1. The van der Waals surface area contributed by atoms with Gasteiger partial charge in [0.05, 0.1) is 16.9 Å². The molecule has 4 N–H and O–H groups in total. The molecule has 1 aliphatic heterocycles. The fourth-order valence-electron chi connectivity index (χ4n) is 2.24. The summed E-state index contributed by atoms with van der Waals surface area (Å²) < 4.78 is 42.7. The van der Waals surface area contributed by atoms with Crippen molar-refractivity contribution >= 4 is 29.0 Å². The summed E-state index contributed by atoms with van der Waals surface area (Å²) in [6.45, 7) is -0.199. The average molecular weight is 367 g/mol. The molecule has 2 aromatic rings. The summed E-state index contributed by atoms with van der Waals surface area (Å²) in [5.74, 6) is -0.443. The number of fused-ring (bicyclic) bond motifs is 1. The number of hydrogen-bond acceptors (Lipinski definition) is 4. The maximum absolute atomic E-state index is 12.5. The second-order valence-corrected chi connectivity index (χ2v) is 5.36. The lowest BCUT2D eigenvalue weighted by Gasteiger charge is -2.19. The van der Waals surface area contributed by atoms with Crippen molar-refractivity contribution in [1.82, 2.24) is 0 Å².